The van der Waals surface area contributed by atoms with Crippen LogP contribution >= 0.6 is 0 Å². The Morgan fingerprint density at radius 3 is 2.93 bits per heavy atom. The third-order valence-corrected chi connectivity index (χ3v) is 3.13. The summed E-state index contributed by atoms with van der Waals surface area (Å²) >= 11 is 0. The molecule has 0 saturated heterocycles. The monoisotopic (exact) mass is 214 g/mol. The predicted octanol–water partition coefficient (Wildman–Crippen LogP) is 0.655. The summed E-state index contributed by atoms with van der Waals surface area (Å²) in [5.41, 5.74) is 5.42. The van der Waals surface area contributed by atoms with Gasteiger partial charge in [-0.25, -0.2) is 0 Å². The van der Waals surface area contributed by atoms with E-state index in [0.717, 1.165) is 25.7 Å². The molecule has 0 heterocycles. The van der Waals surface area contributed by atoms with Crippen LogP contribution < -0.4 is 11.1 Å². The second-order valence-electron chi connectivity index (χ2n) is 4.30. The van der Waals surface area contributed by atoms with Crippen molar-refractivity contribution in [3.8, 4) is 0 Å². The third-order valence-electron chi connectivity index (χ3n) is 3.13. The summed E-state index contributed by atoms with van der Waals surface area (Å²) in [6.45, 7) is 2.48. The topological polar surface area (TPSA) is 64.3 Å². The SMILES string of the molecule is COC1CCCC1NC(=O)C(C)CCN. The van der Waals surface area contributed by atoms with Gasteiger partial charge >= 0.3 is 0 Å². The largest absolute Gasteiger partial charge is 0.379 e. The van der Waals surface area contributed by atoms with Crippen LogP contribution in [0.4, 0.5) is 0 Å². The van der Waals surface area contributed by atoms with E-state index in [-0.39, 0.29) is 24.0 Å². The molecule has 1 aliphatic carbocycles. The Morgan fingerprint density at radius 1 is 1.60 bits per heavy atom. The van der Waals surface area contributed by atoms with Gasteiger partial charge in [-0.2, -0.15) is 0 Å². The van der Waals surface area contributed by atoms with Crippen molar-refractivity contribution in [2.75, 3.05) is 13.7 Å². The van der Waals surface area contributed by atoms with Crippen LogP contribution in [0.3, 0.4) is 0 Å². The number of hydrogen-bond acceptors (Lipinski definition) is 3. The van der Waals surface area contributed by atoms with Gasteiger partial charge < -0.3 is 15.8 Å². The first kappa shape index (κ1) is 12.5. The molecule has 4 nitrogen and oxygen atoms in total. The number of rotatable bonds is 5. The van der Waals surface area contributed by atoms with Crippen LogP contribution in [0.1, 0.15) is 32.6 Å². The minimum Gasteiger partial charge on any atom is -0.379 e. The van der Waals surface area contributed by atoms with Crippen LogP contribution in [0.5, 0.6) is 0 Å². The Morgan fingerprint density at radius 2 is 2.33 bits per heavy atom. The van der Waals surface area contributed by atoms with Crippen molar-refractivity contribution in [3.63, 3.8) is 0 Å². The summed E-state index contributed by atoms with van der Waals surface area (Å²) in [6, 6.07) is 0.197. The van der Waals surface area contributed by atoms with Crippen LogP contribution in [0.2, 0.25) is 0 Å². The molecule has 1 amide bonds. The fourth-order valence-corrected chi connectivity index (χ4v) is 2.08. The number of nitrogens with one attached hydrogen (secondary N) is 1. The molecular formula is C11H22N2O2. The molecule has 4 heteroatoms. The van der Waals surface area contributed by atoms with Crippen LogP contribution in [0.25, 0.3) is 0 Å². The predicted molar refractivity (Wildman–Crippen MR) is 59.4 cm³/mol. The highest BCUT2D eigenvalue weighted by atomic mass is 16.5. The van der Waals surface area contributed by atoms with Gasteiger partial charge in [0, 0.05) is 13.0 Å². The quantitative estimate of drug-likeness (QED) is 0.706. The first-order valence-corrected chi connectivity index (χ1v) is 5.72. The molecule has 3 atom stereocenters. The average molecular weight is 214 g/mol. The Balaban J connectivity index is 2.36. The Hall–Kier alpha value is -0.610. The first-order valence-electron chi connectivity index (χ1n) is 5.72. The van der Waals surface area contributed by atoms with Gasteiger partial charge in [0.05, 0.1) is 12.1 Å². The molecule has 1 rings (SSSR count). The number of nitrogens with two attached hydrogens (primary N) is 1. The van der Waals surface area contributed by atoms with E-state index < -0.39 is 0 Å². The van der Waals surface area contributed by atoms with Gasteiger partial charge in [0.1, 0.15) is 0 Å². The molecule has 0 aliphatic heterocycles. The Kier molecular flexibility index (Phi) is 5.05. The van der Waals surface area contributed by atoms with Crippen LogP contribution in [-0.4, -0.2) is 31.7 Å². The summed E-state index contributed by atoms with van der Waals surface area (Å²) in [5.74, 6) is 0.113. The van der Waals surface area contributed by atoms with Crippen molar-refractivity contribution in [2.24, 2.45) is 11.7 Å². The number of hydrogen-bond donors (Lipinski definition) is 2. The van der Waals surface area contributed by atoms with Crippen LogP contribution in [0, 0.1) is 5.92 Å². The average Bonchev–Trinajstić information content (AvgIpc) is 2.65. The zero-order valence-electron chi connectivity index (χ0n) is 9.66. The van der Waals surface area contributed by atoms with E-state index in [2.05, 4.69) is 5.32 Å². The molecule has 15 heavy (non-hydrogen) atoms. The van der Waals surface area contributed by atoms with Gasteiger partial charge in [-0.1, -0.05) is 6.92 Å². The van der Waals surface area contributed by atoms with Crippen molar-refractivity contribution >= 4 is 5.91 Å². The lowest BCUT2D eigenvalue weighted by Crippen LogP contribution is -2.43. The number of ether oxygens (including phenoxy) is 1. The van der Waals surface area contributed by atoms with Crippen molar-refractivity contribution in [1.29, 1.82) is 0 Å². The second-order valence-corrected chi connectivity index (χ2v) is 4.30. The van der Waals surface area contributed by atoms with Crippen LogP contribution in [-0.2, 0) is 9.53 Å². The molecule has 3 unspecified atom stereocenters. The minimum atomic E-state index is 0.00751. The molecule has 0 aromatic rings. The lowest BCUT2D eigenvalue weighted by atomic mass is 10.1. The second kappa shape index (κ2) is 6.08. The maximum atomic E-state index is 11.7. The van der Waals surface area contributed by atoms with E-state index in [1.807, 2.05) is 6.92 Å². The molecular weight excluding hydrogens is 192 g/mol. The van der Waals surface area contributed by atoms with Gasteiger partial charge in [-0.05, 0) is 32.2 Å². The highest BCUT2D eigenvalue weighted by Gasteiger charge is 2.29. The van der Waals surface area contributed by atoms with E-state index >= 15 is 0 Å². The zero-order valence-corrected chi connectivity index (χ0v) is 9.66. The number of carbonyl (C=O) groups is 1. The lowest BCUT2D eigenvalue weighted by molar-refractivity contribution is -0.126. The highest BCUT2D eigenvalue weighted by Crippen LogP contribution is 2.21. The molecule has 0 aromatic heterocycles. The Bertz CT molecular complexity index is 209. The van der Waals surface area contributed by atoms with Crippen molar-refractivity contribution in [3.05, 3.63) is 0 Å². The third kappa shape index (κ3) is 3.47. The van der Waals surface area contributed by atoms with Gasteiger partial charge in [0.15, 0.2) is 0 Å². The molecule has 0 bridgehead atoms. The van der Waals surface area contributed by atoms with E-state index in [0.29, 0.717) is 6.54 Å². The lowest BCUT2D eigenvalue weighted by Gasteiger charge is -2.21. The van der Waals surface area contributed by atoms with Gasteiger partial charge in [0.25, 0.3) is 0 Å². The zero-order chi connectivity index (χ0) is 11.3. The normalized spacial score (nSPS) is 27.7. The smallest absolute Gasteiger partial charge is 0.223 e. The van der Waals surface area contributed by atoms with Crippen molar-refractivity contribution in [1.82, 2.24) is 5.32 Å². The first-order chi connectivity index (χ1) is 7.19. The van der Waals surface area contributed by atoms with Crippen molar-refractivity contribution in [2.45, 2.75) is 44.8 Å². The van der Waals surface area contributed by atoms with E-state index in [9.17, 15) is 4.79 Å². The molecule has 1 saturated carbocycles. The minimum absolute atomic E-state index is 0.00751. The summed E-state index contributed by atoms with van der Waals surface area (Å²) in [6.07, 6.45) is 4.15. The molecule has 0 radical (unpaired) electrons. The van der Waals surface area contributed by atoms with Gasteiger partial charge in [-0.15, -0.1) is 0 Å². The molecule has 1 aliphatic rings. The summed E-state index contributed by atoms with van der Waals surface area (Å²) < 4.78 is 5.32. The van der Waals surface area contributed by atoms with Gasteiger partial charge in [0.2, 0.25) is 5.91 Å². The van der Waals surface area contributed by atoms with Crippen molar-refractivity contribution < 1.29 is 9.53 Å². The van der Waals surface area contributed by atoms with E-state index in [4.69, 9.17) is 10.5 Å². The number of carbonyl (C=O) groups excluding carboxylic acids is 1. The standard InChI is InChI=1S/C11H22N2O2/c1-8(6-7-12)11(14)13-9-4-3-5-10(9)15-2/h8-10H,3-7,12H2,1-2H3,(H,13,14). The van der Waals surface area contributed by atoms with Gasteiger partial charge in [-0.3, -0.25) is 4.79 Å². The van der Waals surface area contributed by atoms with Crippen LogP contribution in [0.15, 0.2) is 0 Å². The maximum Gasteiger partial charge on any atom is 0.223 e. The number of amides is 1. The van der Waals surface area contributed by atoms with E-state index in [1.165, 1.54) is 0 Å². The fourth-order valence-electron chi connectivity index (χ4n) is 2.08. The highest BCUT2D eigenvalue weighted by molar-refractivity contribution is 5.78. The molecule has 1 fully saturated rings. The molecule has 3 N–H and O–H groups in total. The van der Waals surface area contributed by atoms with E-state index in [1.54, 1.807) is 7.11 Å². The summed E-state index contributed by atoms with van der Waals surface area (Å²) in [5, 5.41) is 3.04. The number of methoxy groups -OCH3 is 1. The fraction of sp³-hybridized carbons (Fsp3) is 0.909. The molecule has 0 spiro atoms. The summed E-state index contributed by atoms with van der Waals surface area (Å²) in [7, 11) is 1.71. The molecule has 0 aromatic carbocycles. The molecule has 88 valence electrons. The maximum absolute atomic E-state index is 11.7. The Labute approximate surface area is 91.5 Å². The summed E-state index contributed by atoms with van der Waals surface area (Å²) in [4.78, 5) is 11.7.